The Morgan fingerprint density at radius 1 is 1.44 bits per heavy atom. The number of aromatic nitrogens is 2. The summed E-state index contributed by atoms with van der Waals surface area (Å²) in [6, 6.07) is 4.98. The SMILES string of the molecule is Cn1ncc(N)c1C(=O)Nc1cccc(Cl)c1Cl. The number of hydrogen-bond donors (Lipinski definition) is 2. The predicted molar refractivity (Wildman–Crippen MR) is 72.0 cm³/mol. The molecule has 2 rings (SSSR count). The highest BCUT2D eigenvalue weighted by molar-refractivity contribution is 6.44. The van der Waals surface area contributed by atoms with E-state index in [0.717, 1.165) is 0 Å². The lowest BCUT2D eigenvalue weighted by atomic mass is 10.3. The summed E-state index contributed by atoms with van der Waals surface area (Å²) in [5.41, 5.74) is 6.66. The monoisotopic (exact) mass is 284 g/mol. The van der Waals surface area contributed by atoms with Crippen LogP contribution in [0.15, 0.2) is 24.4 Å². The van der Waals surface area contributed by atoms with Gasteiger partial charge in [-0.2, -0.15) is 5.10 Å². The molecule has 7 heteroatoms. The standard InChI is InChI=1S/C11H10Cl2N4O/c1-17-10(7(14)5-15-17)11(18)16-8-4-2-3-6(12)9(8)13/h2-5H,14H2,1H3,(H,16,18). The lowest BCUT2D eigenvalue weighted by molar-refractivity contribution is 0.101. The van der Waals surface area contributed by atoms with Gasteiger partial charge >= 0.3 is 0 Å². The predicted octanol–water partition coefficient (Wildman–Crippen LogP) is 2.56. The highest BCUT2D eigenvalue weighted by Gasteiger charge is 2.16. The fraction of sp³-hybridized carbons (Fsp3) is 0.0909. The molecule has 2 aromatic rings. The Hall–Kier alpha value is -1.72. The Kier molecular flexibility index (Phi) is 3.45. The molecular weight excluding hydrogens is 275 g/mol. The van der Waals surface area contributed by atoms with Crippen LogP contribution in [0.2, 0.25) is 10.0 Å². The number of hydrogen-bond acceptors (Lipinski definition) is 3. The van der Waals surface area contributed by atoms with Gasteiger partial charge in [0.05, 0.1) is 27.6 Å². The molecule has 94 valence electrons. The Morgan fingerprint density at radius 2 is 2.17 bits per heavy atom. The van der Waals surface area contributed by atoms with E-state index in [1.807, 2.05) is 0 Å². The van der Waals surface area contributed by atoms with Crippen molar-refractivity contribution in [1.82, 2.24) is 9.78 Å². The maximum absolute atomic E-state index is 12.0. The summed E-state index contributed by atoms with van der Waals surface area (Å²) < 4.78 is 1.39. The number of nitrogens with one attached hydrogen (secondary N) is 1. The van der Waals surface area contributed by atoms with Crippen molar-refractivity contribution in [1.29, 1.82) is 0 Å². The van der Waals surface area contributed by atoms with Gasteiger partial charge in [-0.1, -0.05) is 29.3 Å². The minimum Gasteiger partial charge on any atom is -0.396 e. The van der Waals surface area contributed by atoms with Crippen molar-refractivity contribution in [2.24, 2.45) is 7.05 Å². The number of nitrogens with two attached hydrogens (primary N) is 1. The van der Waals surface area contributed by atoms with Gasteiger partial charge in [0, 0.05) is 7.05 Å². The molecule has 0 saturated heterocycles. The van der Waals surface area contributed by atoms with Gasteiger partial charge < -0.3 is 11.1 Å². The van der Waals surface area contributed by atoms with Crippen molar-refractivity contribution in [3.63, 3.8) is 0 Å². The average Bonchev–Trinajstić information content (AvgIpc) is 2.65. The summed E-state index contributed by atoms with van der Waals surface area (Å²) in [5.74, 6) is -0.392. The summed E-state index contributed by atoms with van der Waals surface area (Å²) in [7, 11) is 1.63. The fourth-order valence-corrected chi connectivity index (χ4v) is 1.86. The van der Waals surface area contributed by atoms with Crippen molar-refractivity contribution in [2.75, 3.05) is 11.1 Å². The molecule has 1 amide bonds. The van der Waals surface area contributed by atoms with Crippen LogP contribution in [0.4, 0.5) is 11.4 Å². The third-order valence-corrected chi connectivity index (χ3v) is 3.20. The van der Waals surface area contributed by atoms with Crippen LogP contribution >= 0.6 is 23.2 Å². The van der Waals surface area contributed by atoms with Crippen molar-refractivity contribution in [3.05, 3.63) is 40.1 Å². The number of carbonyl (C=O) groups excluding carboxylic acids is 1. The molecule has 5 nitrogen and oxygen atoms in total. The first-order valence-corrected chi connectivity index (χ1v) is 5.79. The van der Waals surface area contributed by atoms with Gasteiger partial charge in [-0.15, -0.1) is 0 Å². The largest absolute Gasteiger partial charge is 0.396 e. The van der Waals surface area contributed by atoms with Gasteiger partial charge in [0.25, 0.3) is 5.91 Å². The fourth-order valence-electron chi connectivity index (χ4n) is 1.51. The van der Waals surface area contributed by atoms with Crippen molar-refractivity contribution < 1.29 is 4.79 Å². The summed E-state index contributed by atoms with van der Waals surface area (Å²) >= 11 is 11.8. The zero-order valence-corrected chi connectivity index (χ0v) is 11.0. The van der Waals surface area contributed by atoms with E-state index in [9.17, 15) is 4.79 Å². The van der Waals surface area contributed by atoms with Crippen LogP contribution in [0.3, 0.4) is 0 Å². The average molecular weight is 285 g/mol. The molecule has 0 bridgehead atoms. The second kappa shape index (κ2) is 4.88. The zero-order chi connectivity index (χ0) is 13.3. The molecule has 1 aromatic carbocycles. The van der Waals surface area contributed by atoms with E-state index in [0.29, 0.717) is 16.4 Å². The lowest BCUT2D eigenvalue weighted by Crippen LogP contribution is -2.17. The Bertz CT molecular complexity index is 590. The molecule has 0 fully saturated rings. The molecule has 0 radical (unpaired) electrons. The van der Waals surface area contributed by atoms with Crippen LogP contribution in [0.25, 0.3) is 0 Å². The number of nitrogen functional groups attached to an aromatic ring is 1. The second-order valence-corrected chi connectivity index (χ2v) is 4.41. The summed E-state index contributed by atoms with van der Waals surface area (Å²) in [4.78, 5) is 12.0. The van der Waals surface area contributed by atoms with Gasteiger partial charge in [-0.25, -0.2) is 0 Å². The van der Waals surface area contributed by atoms with Gasteiger partial charge in [-0.05, 0) is 12.1 Å². The summed E-state index contributed by atoms with van der Waals surface area (Å²) in [6.07, 6.45) is 1.41. The molecule has 18 heavy (non-hydrogen) atoms. The lowest BCUT2D eigenvalue weighted by Gasteiger charge is -2.08. The zero-order valence-electron chi connectivity index (χ0n) is 9.45. The number of rotatable bonds is 2. The number of anilines is 2. The smallest absolute Gasteiger partial charge is 0.276 e. The number of halogens is 2. The number of benzene rings is 1. The van der Waals surface area contributed by atoms with E-state index in [4.69, 9.17) is 28.9 Å². The van der Waals surface area contributed by atoms with E-state index < -0.39 is 5.91 Å². The van der Waals surface area contributed by atoms with Crippen LogP contribution in [0.5, 0.6) is 0 Å². The number of nitrogens with zero attached hydrogens (tertiary/aromatic N) is 2. The third kappa shape index (κ3) is 2.27. The highest BCUT2D eigenvalue weighted by atomic mass is 35.5. The third-order valence-electron chi connectivity index (χ3n) is 2.38. The first kappa shape index (κ1) is 12.7. The van der Waals surface area contributed by atoms with Crippen LogP contribution in [-0.2, 0) is 7.05 Å². The van der Waals surface area contributed by atoms with Gasteiger partial charge in [0.2, 0.25) is 0 Å². The van der Waals surface area contributed by atoms with Crippen LogP contribution in [0.1, 0.15) is 10.5 Å². The van der Waals surface area contributed by atoms with Crippen molar-refractivity contribution >= 4 is 40.5 Å². The van der Waals surface area contributed by atoms with E-state index in [1.165, 1.54) is 10.9 Å². The van der Waals surface area contributed by atoms with Gasteiger partial charge in [0.15, 0.2) is 0 Å². The van der Waals surface area contributed by atoms with Crippen LogP contribution in [0, 0.1) is 0 Å². The molecule has 0 aliphatic carbocycles. The van der Waals surface area contributed by atoms with Gasteiger partial charge in [0.1, 0.15) is 5.69 Å². The topological polar surface area (TPSA) is 72.9 Å². The molecule has 1 heterocycles. The molecule has 1 aromatic heterocycles. The normalized spacial score (nSPS) is 10.4. The van der Waals surface area contributed by atoms with E-state index in [2.05, 4.69) is 10.4 Å². The molecule has 0 aliphatic rings. The van der Waals surface area contributed by atoms with Crippen molar-refractivity contribution in [3.8, 4) is 0 Å². The highest BCUT2D eigenvalue weighted by Crippen LogP contribution is 2.30. The minimum absolute atomic E-state index is 0.269. The van der Waals surface area contributed by atoms with Gasteiger partial charge in [-0.3, -0.25) is 9.48 Å². The van der Waals surface area contributed by atoms with Crippen LogP contribution in [-0.4, -0.2) is 15.7 Å². The Balaban J connectivity index is 2.30. The number of aryl methyl sites for hydroxylation is 1. The second-order valence-electron chi connectivity index (χ2n) is 3.63. The Morgan fingerprint density at radius 3 is 2.78 bits per heavy atom. The maximum atomic E-state index is 12.0. The number of amides is 1. The number of carbonyl (C=O) groups is 1. The first-order chi connectivity index (χ1) is 8.50. The first-order valence-electron chi connectivity index (χ1n) is 5.03. The molecule has 3 N–H and O–H groups in total. The molecule has 0 saturated carbocycles. The minimum atomic E-state index is -0.392. The van der Waals surface area contributed by atoms with Crippen molar-refractivity contribution in [2.45, 2.75) is 0 Å². The molecule has 0 unspecified atom stereocenters. The maximum Gasteiger partial charge on any atom is 0.276 e. The van der Waals surface area contributed by atoms with Crippen LogP contribution < -0.4 is 11.1 Å². The van der Waals surface area contributed by atoms with E-state index in [-0.39, 0.29) is 10.7 Å². The summed E-state index contributed by atoms with van der Waals surface area (Å²) in [5, 5.41) is 7.18. The Labute approximate surface area is 113 Å². The molecule has 0 spiro atoms. The van der Waals surface area contributed by atoms with E-state index >= 15 is 0 Å². The molecular formula is C11H10Cl2N4O. The van der Waals surface area contributed by atoms with E-state index in [1.54, 1.807) is 25.2 Å². The molecule has 0 aliphatic heterocycles. The molecule has 0 atom stereocenters. The summed E-state index contributed by atoms with van der Waals surface area (Å²) in [6.45, 7) is 0. The quantitative estimate of drug-likeness (QED) is 0.890.